The fourth-order valence-corrected chi connectivity index (χ4v) is 2.69. The summed E-state index contributed by atoms with van der Waals surface area (Å²) in [6, 6.07) is 17.2. The van der Waals surface area contributed by atoms with Crippen LogP contribution in [-0.4, -0.2) is 22.6 Å². The number of ether oxygens (including phenoxy) is 1. The number of methoxy groups -OCH3 is 1. The normalized spacial score (nSPS) is 11.9. The van der Waals surface area contributed by atoms with E-state index in [1.54, 1.807) is 6.20 Å². The maximum absolute atomic E-state index is 12.5. The number of nitrogens with zero attached hydrogens (tertiary/aromatic N) is 2. The molecular formula is C20H21N3O2. The second-order valence-corrected chi connectivity index (χ2v) is 5.81. The van der Waals surface area contributed by atoms with Gasteiger partial charge in [-0.1, -0.05) is 42.5 Å². The Morgan fingerprint density at radius 1 is 1.16 bits per heavy atom. The molecule has 5 heteroatoms. The van der Waals surface area contributed by atoms with Crippen LogP contribution in [0.3, 0.4) is 0 Å². The maximum Gasteiger partial charge on any atom is 0.258 e. The molecule has 0 aliphatic rings. The number of amides is 1. The highest BCUT2D eigenvalue weighted by molar-refractivity contribution is 5.94. The lowest BCUT2D eigenvalue weighted by Crippen LogP contribution is -2.22. The summed E-state index contributed by atoms with van der Waals surface area (Å²) in [7, 11) is 1.54. The Balaban J connectivity index is 1.66. The molecule has 0 spiro atoms. The quantitative estimate of drug-likeness (QED) is 0.749. The molecule has 0 bridgehead atoms. The molecule has 3 rings (SSSR count). The Morgan fingerprint density at radius 3 is 2.48 bits per heavy atom. The molecule has 128 valence electrons. The van der Waals surface area contributed by atoms with Crippen LogP contribution in [0.25, 0.3) is 0 Å². The van der Waals surface area contributed by atoms with Gasteiger partial charge in [0.25, 0.3) is 5.91 Å². The standard InChI is InChI=1S/C20H21N3O2/c1-15-21-12-13-23(15)14-16-8-10-18(11-9-16)22-20(24)19(25-2)17-6-4-3-5-7-17/h3-13,19H,14H2,1-2H3,(H,22,24)/t19-/m0/s1. The van der Waals surface area contributed by atoms with Crippen molar-refractivity contribution in [1.82, 2.24) is 9.55 Å². The first-order valence-electron chi connectivity index (χ1n) is 8.12. The van der Waals surface area contributed by atoms with E-state index in [0.717, 1.165) is 29.2 Å². The average Bonchev–Trinajstić information content (AvgIpc) is 3.03. The predicted octanol–water partition coefficient (Wildman–Crippen LogP) is 3.57. The molecule has 0 radical (unpaired) electrons. The molecule has 0 unspecified atom stereocenters. The number of carbonyl (C=O) groups excluding carboxylic acids is 1. The Morgan fingerprint density at radius 2 is 1.88 bits per heavy atom. The Hall–Kier alpha value is -2.92. The SMILES string of the molecule is CO[C@H](C(=O)Nc1ccc(Cn2ccnc2C)cc1)c1ccccc1. The highest BCUT2D eigenvalue weighted by Crippen LogP contribution is 2.19. The largest absolute Gasteiger partial charge is 0.367 e. The number of imidazole rings is 1. The number of hydrogen-bond donors (Lipinski definition) is 1. The van der Waals surface area contributed by atoms with Crippen molar-refractivity contribution in [3.05, 3.63) is 83.9 Å². The van der Waals surface area contributed by atoms with Gasteiger partial charge in [-0.3, -0.25) is 4.79 Å². The second-order valence-electron chi connectivity index (χ2n) is 5.81. The first-order valence-corrected chi connectivity index (χ1v) is 8.12. The smallest absolute Gasteiger partial charge is 0.258 e. The van der Waals surface area contributed by atoms with E-state index in [-0.39, 0.29) is 5.91 Å². The third-order valence-corrected chi connectivity index (χ3v) is 4.07. The predicted molar refractivity (Wildman–Crippen MR) is 97.3 cm³/mol. The summed E-state index contributed by atoms with van der Waals surface area (Å²) < 4.78 is 7.43. The minimum absolute atomic E-state index is 0.188. The van der Waals surface area contributed by atoms with E-state index in [9.17, 15) is 4.79 Å². The molecule has 25 heavy (non-hydrogen) atoms. The molecule has 1 aromatic heterocycles. The van der Waals surface area contributed by atoms with Crippen LogP contribution >= 0.6 is 0 Å². The van der Waals surface area contributed by atoms with Crippen LogP contribution in [0.5, 0.6) is 0 Å². The topological polar surface area (TPSA) is 56.1 Å². The fraction of sp³-hybridized carbons (Fsp3) is 0.200. The number of aryl methyl sites for hydroxylation is 1. The third kappa shape index (κ3) is 4.14. The number of hydrogen-bond acceptors (Lipinski definition) is 3. The summed E-state index contributed by atoms with van der Waals surface area (Å²) in [6.45, 7) is 2.73. The van der Waals surface area contributed by atoms with Crippen molar-refractivity contribution < 1.29 is 9.53 Å². The van der Waals surface area contributed by atoms with Gasteiger partial charge in [-0.05, 0) is 30.2 Å². The van der Waals surface area contributed by atoms with Crippen LogP contribution in [0.1, 0.15) is 23.1 Å². The zero-order valence-electron chi connectivity index (χ0n) is 14.3. The van der Waals surface area contributed by atoms with Gasteiger partial charge in [-0.25, -0.2) is 4.98 Å². The van der Waals surface area contributed by atoms with Gasteiger partial charge < -0.3 is 14.6 Å². The Bertz CT molecular complexity index is 826. The van der Waals surface area contributed by atoms with E-state index in [1.807, 2.05) is 67.7 Å². The lowest BCUT2D eigenvalue weighted by molar-refractivity contribution is -0.126. The molecule has 2 aromatic carbocycles. The molecule has 5 nitrogen and oxygen atoms in total. The van der Waals surface area contributed by atoms with Gasteiger partial charge in [0.05, 0.1) is 0 Å². The molecule has 1 heterocycles. The van der Waals surface area contributed by atoms with E-state index in [0.29, 0.717) is 0 Å². The first-order chi connectivity index (χ1) is 12.2. The molecule has 0 aliphatic heterocycles. The van der Waals surface area contributed by atoms with Crippen LogP contribution in [0.4, 0.5) is 5.69 Å². The fourth-order valence-electron chi connectivity index (χ4n) is 2.69. The average molecular weight is 335 g/mol. The molecule has 1 amide bonds. The number of benzene rings is 2. The van der Waals surface area contributed by atoms with Crippen LogP contribution < -0.4 is 5.32 Å². The van der Waals surface area contributed by atoms with Crippen molar-refractivity contribution in [2.75, 3.05) is 12.4 Å². The summed E-state index contributed by atoms with van der Waals surface area (Å²) in [5.74, 6) is 0.787. The van der Waals surface area contributed by atoms with E-state index < -0.39 is 6.10 Å². The van der Waals surface area contributed by atoms with Crippen molar-refractivity contribution >= 4 is 11.6 Å². The monoisotopic (exact) mass is 335 g/mol. The van der Waals surface area contributed by atoms with Gasteiger partial charge in [-0.2, -0.15) is 0 Å². The minimum atomic E-state index is -0.630. The highest BCUT2D eigenvalue weighted by Gasteiger charge is 2.19. The molecule has 1 N–H and O–H groups in total. The number of aromatic nitrogens is 2. The second kappa shape index (κ2) is 7.77. The third-order valence-electron chi connectivity index (χ3n) is 4.07. The van der Waals surface area contributed by atoms with E-state index in [1.165, 1.54) is 7.11 Å². The number of rotatable bonds is 6. The molecule has 0 fully saturated rings. The lowest BCUT2D eigenvalue weighted by atomic mass is 10.1. The highest BCUT2D eigenvalue weighted by atomic mass is 16.5. The van der Waals surface area contributed by atoms with Crippen LogP contribution in [-0.2, 0) is 16.1 Å². The van der Waals surface area contributed by atoms with Crippen molar-refractivity contribution in [1.29, 1.82) is 0 Å². The first kappa shape index (κ1) is 16.9. The van der Waals surface area contributed by atoms with Gasteiger partial charge in [0.15, 0.2) is 6.10 Å². The van der Waals surface area contributed by atoms with Crippen LogP contribution in [0.2, 0.25) is 0 Å². The lowest BCUT2D eigenvalue weighted by Gasteiger charge is -2.16. The van der Waals surface area contributed by atoms with E-state index in [4.69, 9.17) is 4.74 Å². The summed E-state index contributed by atoms with van der Waals surface area (Å²) in [5.41, 5.74) is 2.72. The zero-order valence-corrected chi connectivity index (χ0v) is 14.3. The zero-order chi connectivity index (χ0) is 17.6. The van der Waals surface area contributed by atoms with Gasteiger partial charge in [0, 0.05) is 31.7 Å². The molecule has 0 saturated carbocycles. The maximum atomic E-state index is 12.5. The number of anilines is 1. The molecular weight excluding hydrogens is 314 g/mol. The van der Waals surface area contributed by atoms with E-state index in [2.05, 4.69) is 14.9 Å². The minimum Gasteiger partial charge on any atom is -0.367 e. The van der Waals surface area contributed by atoms with Crippen molar-refractivity contribution in [2.24, 2.45) is 0 Å². The van der Waals surface area contributed by atoms with Gasteiger partial charge in [-0.15, -0.1) is 0 Å². The van der Waals surface area contributed by atoms with Gasteiger partial charge >= 0.3 is 0 Å². The van der Waals surface area contributed by atoms with Crippen molar-refractivity contribution in [2.45, 2.75) is 19.6 Å². The summed E-state index contributed by atoms with van der Waals surface area (Å²) in [4.78, 5) is 16.7. The summed E-state index contributed by atoms with van der Waals surface area (Å²) >= 11 is 0. The Kier molecular flexibility index (Phi) is 5.26. The summed E-state index contributed by atoms with van der Waals surface area (Å²) in [5, 5.41) is 2.91. The van der Waals surface area contributed by atoms with E-state index >= 15 is 0 Å². The van der Waals surface area contributed by atoms with Crippen LogP contribution in [0, 0.1) is 6.92 Å². The molecule has 1 atom stereocenters. The van der Waals surface area contributed by atoms with Crippen molar-refractivity contribution in [3.8, 4) is 0 Å². The molecule has 3 aromatic rings. The number of carbonyl (C=O) groups is 1. The number of nitrogens with one attached hydrogen (secondary N) is 1. The van der Waals surface area contributed by atoms with Gasteiger partial charge in [0.2, 0.25) is 0 Å². The molecule has 0 saturated heterocycles. The van der Waals surface area contributed by atoms with Gasteiger partial charge in [0.1, 0.15) is 5.82 Å². The Labute approximate surface area is 147 Å². The van der Waals surface area contributed by atoms with Crippen molar-refractivity contribution in [3.63, 3.8) is 0 Å². The summed E-state index contributed by atoms with van der Waals surface area (Å²) in [6.07, 6.45) is 3.11. The van der Waals surface area contributed by atoms with Crippen LogP contribution in [0.15, 0.2) is 67.0 Å². The molecule has 0 aliphatic carbocycles.